The van der Waals surface area contributed by atoms with E-state index in [2.05, 4.69) is 47.7 Å². The lowest BCUT2D eigenvalue weighted by atomic mass is 10.3. The molecule has 2 N–H and O–H groups in total. The van der Waals surface area contributed by atoms with E-state index in [1.807, 2.05) is 6.07 Å². The molecule has 12 heavy (non-hydrogen) atoms. The molecule has 1 aromatic carbocycles. The van der Waals surface area contributed by atoms with Crippen molar-refractivity contribution in [3.63, 3.8) is 0 Å². The van der Waals surface area contributed by atoms with E-state index in [0.717, 1.165) is 10.2 Å². The number of halogens is 1. The van der Waals surface area contributed by atoms with Gasteiger partial charge in [0.25, 0.3) is 0 Å². The Morgan fingerprint density at radius 1 is 1.25 bits per heavy atom. The molecule has 1 aromatic rings. The van der Waals surface area contributed by atoms with Crippen molar-refractivity contribution < 1.29 is 0 Å². The summed E-state index contributed by atoms with van der Waals surface area (Å²) in [6.07, 6.45) is 0. The molecule has 0 saturated carbocycles. The molecule has 0 bridgehead atoms. The lowest BCUT2D eigenvalue weighted by Gasteiger charge is -2.17. The van der Waals surface area contributed by atoms with Crippen LogP contribution in [-0.2, 0) is 0 Å². The van der Waals surface area contributed by atoms with Crippen LogP contribution < -0.4 is 10.9 Å². The smallest absolute Gasteiger partial charge is 0.0776 e. The molecule has 0 atom stereocenters. The van der Waals surface area contributed by atoms with Gasteiger partial charge in [0.1, 0.15) is 0 Å². The highest BCUT2D eigenvalue weighted by atomic mass is 79.9. The molecule has 3 heteroatoms. The minimum absolute atomic E-state index is 0.843. The van der Waals surface area contributed by atoms with E-state index in [1.165, 1.54) is 5.19 Å². The fourth-order valence-electron chi connectivity index (χ4n) is 1.01. The molecule has 0 spiro atoms. The molecule has 0 unspecified atom stereocenters. The van der Waals surface area contributed by atoms with Crippen LogP contribution in [0.4, 0.5) is 5.69 Å². The Morgan fingerprint density at radius 3 is 2.25 bits per heavy atom. The maximum Gasteiger partial charge on any atom is 0.0776 e. The molecule has 1 nitrogen and oxygen atoms in total. The lowest BCUT2D eigenvalue weighted by molar-refractivity contribution is 1.63. The third-order valence-electron chi connectivity index (χ3n) is 1.86. The third-order valence-corrected chi connectivity index (χ3v) is 4.63. The van der Waals surface area contributed by atoms with Crippen LogP contribution in [0.3, 0.4) is 0 Å². The summed E-state index contributed by atoms with van der Waals surface area (Å²) in [6, 6.07) is 6.27. The highest BCUT2D eigenvalue weighted by Crippen LogP contribution is 2.18. The first-order valence-corrected chi connectivity index (χ1v) is 8.26. The second-order valence-electron chi connectivity index (χ2n) is 3.99. The van der Waals surface area contributed by atoms with Gasteiger partial charge in [0.05, 0.1) is 8.07 Å². The summed E-state index contributed by atoms with van der Waals surface area (Å²) >= 11 is 3.39. The van der Waals surface area contributed by atoms with Gasteiger partial charge in [0, 0.05) is 10.2 Å². The van der Waals surface area contributed by atoms with Crippen molar-refractivity contribution in [1.82, 2.24) is 0 Å². The zero-order valence-corrected chi connectivity index (χ0v) is 10.3. The molecule has 0 saturated heterocycles. The summed E-state index contributed by atoms with van der Waals surface area (Å²) in [5.41, 5.74) is 6.64. The van der Waals surface area contributed by atoms with Crippen LogP contribution in [-0.4, -0.2) is 8.07 Å². The third kappa shape index (κ3) is 2.11. The van der Waals surface area contributed by atoms with Crippen molar-refractivity contribution >= 4 is 34.9 Å². The van der Waals surface area contributed by atoms with E-state index < -0.39 is 8.07 Å². The summed E-state index contributed by atoms with van der Waals surface area (Å²) in [7, 11) is -1.19. The maximum absolute atomic E-state index is 5.79. The number of hydrogen-bond donors (Lipinski definition) is 1. The van der Waals surface area contributed by atoms with Crippen LogP contribution in [0.1, 0.15) is 0 Å². The van der Waals surface area contributed by atoms with Gasteiger partial charge in [-0.25, -0.2) is 0 Å². The average molecular weight is 244 g/mol. The molecule has 0 radical (unpaired) electrons. The maximum atomic E-state index is 5.79. The van der Waals surface area contributed by atoms with Crippen molar-refractivity contribution in [3.05, 3.63) is 22.7 Å². The van der Waals surface area contributed by atoms with Gasteiger partial charge in [-0.2, -0.15) is 0 Å². The van der Waals surface area contributed by atoms with Crippen LogP contribution in [0.25, 0.3) is 0 Å². The minimum atomic E-state index is -1.19. The Hall–Kier alpha value is -0.283. The first-order valence-electron chi connectivity index (χ1n) is 3.97. The van der Waals surface area contributed by atoms with Crippen molar-refractivity contribution in [2.24, 2.45) is 0 Å². The summed E-state index contributed by atoms with van der Waals surface area (Å²) < 4.78 is 0.990. The van der Waals surface area contributed by atoms with Gasteiger partial charge >= 0.3 is 0 Å². The molecular weight excluding hydrogens is 230 g/mol. The van der Waals surface area contributed by atoms with E-state index in [9.17, 15) is 0 Å². The standard InChI is InChI=1S/C9H14BrNSi/c1-12(2,3)7-4-5-8(10)9(11)6-7/h4-6H,11H2,1-3H3. The van der Waals surface area contributed by atoms with Gasteiger partial charge < -0.3 is 5.73 Å². The molecule has 66 valence electrons. The van der Waals surface area contributed by atoms with E-state index in [0.29, 0.717) is 0 Å². The number of nitrogen functional groups attached to an aromatic ring is 1. The van der Waals surface area contributed by atoms with Crippen molar-refractivity contribution in [2.75, 3.05) is 5.73 Å². The first kappa shape index (κ1) is 9.80. The summed E-state index contributed by atoms with van der Waals surface area (Å²) in [5.74, 6) is 0. The first-order chi connectivity index (χ1) is 5.41. The highest BCUT2D eigenvalue weighted by Gasteiger charge is 2.16. The predicted octanol–water partition coefficient (Wildman–Crippen LogP) is 2.58. The van der Waals surface area contributed by atoms with Gasteiger partial charge in [0.2, 0.25) is 0 Å². The van der Waals surface area contributed by atoms with Crippen molar-refractivity contribution in [3.8, 4) is 0 Å². The van der Waals surface area contributed by atoms with Crippen LogP contribution in [0.5, 0.6) is 0 Å². The quantitative estimate of drug-likeness (QED) is 0.596. The SMILES string of the molecule is C[Si](C)(C)c1ccc(Br)c(N)c1. The van der Waals surface area contributed by atoms with E-state index in [-0.39, 0.29) is 0 Å². The van der Waals surface area contributed by atoms with Gasteiger partial charge in [-0.3, -0.25) is 0 Å². The average Bonchev–Trinajstić information content (AvgIpc) is 1.92. The van der Waals surface area contributed by atoms with Crippen molar-refractivity contribution in [2.45, 2.75) is 19.6 Å². The second kappa shape index (κ2) is 3.22. The Balaban J connectivity index is 3.14. The molecule has 0 aliphatic carbocycles. The van der Waals surface area contributed by atoms with Gasteiger partial charge in [0.15, 0.2) is 0 Å². The Labute approximate surface area is 83.1 Å². The summed E-state index contributed by atoms with van der Waals surface area (Å²) in [4.78, 5) is 0. The molecule has 0 heterocycles. The molecule has 0 aliphatic rings. The normalized spacial score (nSPS) is 11.7. The monoisotopic (exact) mass is 243 g/mol. The number of nitrogens with two attached hydrogens (primary N) is 1. The molecule has 0 amide bonds. The Kier molecular flexibility index (Phi) is 2.63. The number of anilines is 1. The fraction of sp³-hybridized carbons (Fsp3) is 0.333. The van der Waals surface area contributed by atoms with Crippen LogP contribution in [0, 0.1) is 0 Å². The van der Waals surface area contributed by atoms with E-state index >= 15 is 0 Å². The van der Waals surface area contributed by atoms with Crippen molar-refractivity contribution in [1.29, 1.82) is 0 Å². The summed E-state index contributed by atoms with van der Waals surface area (Å²) in [5, 5.41) is 1.41. The predicted molar refractivity (Wildman–Crippen MR) is 61.5 cm³/mol. The van der Waals surface area contributed by atoms with E-state index in [1.54, 1.807) is 0 Å². The lowest BCUT2D eigenvalue weighted by Crippen LogP contribution is -2.37. The van der Waals surface area contributed by atoms with Crippen LogP contribution in [0.2, 0.25) is 19.6 Å². The molecule has 0 aliphatic heterocycles. The summed E-state index contributed by atoms with van der Waals surface area (Å²) in [6.45, 7) is 6.95. The zero-order chi connectivity index (χ0) is 9.35. The zero-order valence-electron chi connectivity index (χ0n) is 7.69. The number of rotatable bonds is 1. The molecule has 0 fully saturated rings. The molecule has 1 rings (SSSR count). The Bertz CT molecular complexity index is 291. The second-order valence-corrected chi connectivity index (χ2v) is 9.92. The minimum Gasteiger partial charge on any atom is -0.398 e. The fourth-order valence-corrected chi connectivity index (χ4v) is 2.43. The van der Waals surface area contributed by atoms with Crippen LogP contribution in [0.15, 0.2) is 22.7 Å². The van der Waals surface area contributed by atoms with Gasteiger partial charge in [-0.1, -0.05) is 30.9 Å². The number of hydrogen-bond acceptors (Lipinski definition) is 1. The highest BCUT2D eigenvalue weighted by molar-refractivity contribution is 9.10. The van der Waals surface area contributed by atoms with E-state index in [4.69, 9.17) is 5.73 Å². The largest absolute Gasteiger partial charge is 0.398 e. The van der Waals surface area contributed by atoms with Gasteiger partial charge in [-0.05, 0) is 28.1 Å². The Morgan fingerprint density at radius 2 is 1.83 bits per heavy atom. The topological polar surface area (TPSA) is 26.0 Å². The molecule has 0 aromatic heterocycles. The number of benzene rings is 1. The molecular formula is C9H14BrNSi. The van der Waals surface area contributed by atoms with Crippen LogP contribution >= 0.6 is 15.9 Å². The van der Waals surface area contributed by atoms with Gasteiger partial charge in [-0.15, -0.1) is 0 Å².